The summed E-state index contributed by atoms with van der Waals surface area (Å²) in [6, 6.07) is 5.81. The van der Waals surface area contributed by atoms with E-state index in [1.54, 1.807) is 18.0 Å². The number of amides is 1. The molecular weight excluding hydrogens is 254 g/mol. The third kappa shape index (κ3) is 5.21. The first-order valence-electron chi connectivity index (χ1n) is 5.99. The first-order valence-corrected chi connectivity index (χ1v) is 5.99. The largest absolute Gasteiger partial charge is 0.435 e. The van der Waals surface area contributed by atoms with E-state index in [0.29, 0.717) is 12.1 Å². The van der Waals surface area contributed by atoms with E-state index in [-0.39, 0.29) is 11.7 Å². The molecule has 0 heterocycles. The molecule has 1 amide bonds. The van der Waals surface area contributed by atoms with Gasteiger partial charge in [-0.1, -0.05) is 6.07 Å². The van der Waals surface area contributed by atoms with E-state index in [4.69, 9.17) is 0 Å². The maximum Gasteiger partial charge on any atom is 0.387 e. The number of hydrogen-bond donors (Lipinski definition) is 1. The fourth-order valence-corrected chi connectivity index (χ4v) is 1.62. The van der Waals surface area contributed by atoms with Crippen LogP contribution in [-0.4, -0.2) is 44.6 Å². The van der Waals surface area contributed by atoms with E-state index in [2.05, 4.69) is 10.1 Å². The summed E-state index contributed by atoms with van der Waals surface area (Å²) < 4.78 is 28.5. The van der Waals surface area contributed by atoms with Crippen molar-refractivity contribution in [2.45, 2.75) is 13.0 Å². The maximum atomic E-state index is 12.1. The van der Waals surface area contributed by atoms with Crippen LogP contribution in [0.4, 0.5) is 8.78 Å². The normalized spacial score (nSPS) is 10.6. The first kappa shape index (κ1) is 15.4. The highest BCUT2D eigenvalue weighted by Crippen LogP contribution is 2.17. The van der Waals surface area contributed by atoms with Crippen molar-refractivity contribution in [2.75, 3.05) is 27.2 Å². The van der Waals surface area contributed by atoms with Crippen molar-refractivity contribution in [2.24, 2.45) is 0 Å². The molecule has 0 saturated heterocycles. The number of nitrogens with zero attached hydrogens (tertiary/aromatic N) is 1. The summed E-state index contributed by atoms with van der Waals surface area (Å²) in [7, 11) is 3.52. The second-order valence-corrected chi connectivity index (χ2v) is 4.09. The van der Waals surface area contributed by atoms with Gasteiger partial charge in [0.05, 0.1) is 0 Å². The van der Waals surface area contributed by atoms with Crippen molar-refractivity contribution in [3.05, 3.63) is 29.8 Å². The van der Waals surface area contributed by atoms with E-state index >= 15 is 0 Å². The molecule has 106 valence electrons. The molecule has 0 aliphatic carbocycles. The van der Waals surface area contributed by atoms with Crippen molar-refractivity contribution in [1.29, 1.82) is 0 Å². The molecule has 0 atom stereocenters. The third-order valence-corrected chi connectivity index (χ3v) is 2.57. The van der Waals surface area contributed by atoms with Gasteiger partial charge < -0.3 is 15.0 Å². The molecule has 6 heteroatoms. The Labute approximate surface area is 111 Å². The second kappa shape index (κ2) is 7.68. The molecule has 0 fully saturated rings. The van der Waals surface area contributed by atoms with Crippen LogP contribution >= 0.6 is 0 Å². The van der Waals surface area contributed by atoms with Gasteiger partial charge in [0.2, 0.25) is 0 Å². The predicted octanol–water partition coefficient (Wildman–Crippen LogP) is 1.97. The van der Waals surface area contributed by atoms with E-state index in [1.165, 1.54) is 18.2 Å². The number of ether oxygens (including phenoxy) is 1. The van der Waals surface area contributed by atoms with Gasteiger partial charge in [-0.25, -0.2) is 0 Å². The molecule has 1 aromatic rings. The molecule has 1 aromatic carbocycles. The summed E-state index contributed by atoms with van der Waals surface area (Å²) in [6.07, 6.45) is 0.825. The lowest BCUT2D eigenvalue weighted by Crippen LogP contribution is -2.29. The van der Waals surface area contributed by atoms with Crippen LogP contribution in [0, 0.1) is 0 Å². The second-order valence-electron chi connectivity index (χ2n) is 4.09. The zero-order chi connectivity index (χ0) is 14.3. The van der Waals surface area contributed by atoms with Gasteiger partial charge in [0.15, 0.2) is 0 Å². The molecule has 19 heavy (non-hydrogen) atoms. The summed E-state index contributed by atoms with van der Waals surface area (Å²) in [4.78, 5) is 13.6. The van der Waals surface area contributed by atoms with Crippen molar-refractivity contribution in [1.82, 2.24) is 10.2 Å². The summed E-state index contributed by atoms with van der Waals surface area (Å²) >= 11 is 0. The molecule has 0 bridgehead atoms. The lowest BCUT2D eigenvalue weighted by Gasteiger charge is -2.17. The molecule has 0 aromatic heterocycles. The quantitative estimate of drug-likeness (QED) is 0.772. The topological polar surface area (TPSA) is 41.6 Å². The number of carbonyl (C=O) groups is 1. The number of nitrogens with one attached hydrogen (secondary N) is 1. The predicted molar refractivity (Wildman–Crippen MR) is 68.6 cm³/mol. The smallest absolute Gasteiger partial charge is 0.387 e. The Balaban J connectivity index is 2.65. The van der Waals surface area contributed by atoms with Gasteiger partial charge in [-0.05, 0) is 38.2 Å². The minimum absolute atomic E-state index is 0.00975. The Kier molecular flexibility index (Phi) is 6.21. The van der Waals surface area contributed by atoms with Gasteiger partial charge in [-0.2, -0.15) is 8.78 Å². The molecular formula is C13H18F2N2O2. The number of halogens is 2. The van der Waals surface area contributed by atoms with Gasteiger partial charge in [0.25, 0.3) is 5.91 Å². The van der Waals surface area contributed by atoms with Crippen LogP contribution in [-0.2, 0) is 0 Å². The average Bonchev–Trinajstić information content (AvgIpc) is 2.37. The molecule has 0 spiro atoms. The Hall–Kier alpha value is -1.69. The minimum Gasteiger partial charge on any atom is -0.435 e. The highest BCUT2D eigenvalue weighted by molar-refractivity contribution is 5.94. The van der Waals surface area contributed by atoms with Gasteiger partial charge in [0, 0.05) is 19.2 Å². The van der Waals surface area contributed by atoms with Gasteiger partial charge >= 0.3 is 6.61 Å². The summed E-state index contributed by atoms with van der Waals surface area (Å²) in [6.45, 7) is -1.48. The number of benzene rings is 1. The molecule has 0 aliphatic rings. The van der Waals surface area contributed by atoms with Crippen LogP contribution in [0.25, 0.3) is 0 Å². The summed E-state index contributed by atoms with van der Waals surface area (Å²) in [5.74, 6) is -0.222. The number of alkyl halides is 2. The fraction of sp³-hybridized carbons (Fsp3) is 0.462. The average molecular weight is 272 g/mol. The maximum absolute atomic E-state index is 12.1. The van der Waals surface area contributed by atoms with E-state index in [0.717, 1.165) is 13.0 Å². The molecule has 0 aliphatic heterocycles. The molecule has 1 rings (SSSR count). The lowest BCUT2D eigenvalue weighted by molar-refractivity contribution is -0.0499. The summed E-state index contributed by atoms with van der Waals surface area (Å²) in [5.41, 5.74) is 0.338. The SMILES string of the molecule is CNCCCN(C)C(=O)c1cccc(OC(F)F)c1. The van der Waals surface area contributed by atoms with E-state index < -0.39 is 6.61 Å². The highest BCUT2D eigenvalue weighted by atomic mass is 19.3. The van der Waals surface area contributed by atoms with Crippen molar-refractivity contribution < 1.29 is 18.3 Å². The highest BCUT2D eigenvalue weighted by Gasteiger charge is 2.13. The van der Waals surface area contributed by atoms with Gasteiger partial charge in [-0.3, -0.25) is 4.79 Å². The Morgan fingerprint density at radius 2 is 2.21 bits per heavy atom. The van der Waals surface area contributed by atoms with Gasteiger partial charge in [0.1, 0.15) is 5.75 Å². The third-order valence-electron chi connectivity index (χ3n) is 2.57. The number of carbonyl (C=O) groups excluding carboxylic acids is 1. The van der Waals surface area contributed by atoms with Crippen LogP contribution in [0.15, 0.2) is 24.3 Å². The lowest BCUT2D eigenvalue weighted by atomic mass is 10.2. The zero-order valence-corrected chi connectivity index (χ0v) is 11.0. The Morgan fingerprint density at radius 1 is 1.47 bits per heavy atom. The minimum atomic E-state index is -2.89. The molecule has 0 saturated carbocycles. The van der Waals surface area contributed by atoms with Crippen LogP contribution < -0.4 is 10.1 Å². The van der Waals surface area contributed by atoms with Gasteiger partial charge in [-0.15, -0.1) is 0 Å². The van der Waals surface area contributed by atoms with Crippen molar-refractivity contribution in [3.8, 4) is 5.75 Å². The molecule has 0 unspecified atom stereocenters. The number of hydrogen-bond acceptors (Lipinski definition) is 3. The Morgan fingerprint density at radius 3 is 2.84 bits per heavy atom. The zero-order valence-electron chi connectivity index (χ0n) is 11.0. The van der Waals surface area contributed by atoms with Crippen LogP contribution in [0.2, 0.25) is 0 Å². The van der Waals surface area contributed by atoms with Crippen molar-refractivity contribution in [3.63, 3.8) is 0 Å². The van der Waals surface area contributed by atoms with Crippen LogP contribution in [0.5, 0.6) is 5.75 Å². The summed E-state index contributed by atoms with van der Waals surface area (Å²) in [5, 5.41) is 2.99. The number of rotatable bonds is 7. The van der Waals surface area contributed by atoms with Crippen molar-refractivity contribution >= 4 is 5.91 Å². The first-order chi connectivity index (χ1) is 9.04. The standard InChI is InChI=1S/C13H18F2N2O2/c1-16-7-4-8-17(2)12(18)10-5-3-6-11(9-10)19-13(14)15/h3,5-6,9,13,16H,4,7-8H2,1-2H3. The molecule has 0 radical (unpaired) electrons. The van der Waals surface area contributed by atoms with Crippen LogP contribution in [0.3, 0.4) is 0 Å². The Bertz CT molecular complexity index is 413. The molecule has 1 N–H and O–H groups in total. The fourth-order valence-electron chi connectivity index (χ4n) is 1.62. The van der Waals surface area contributed by atoms with E-state index in [1.807, 2.05) is 7.05 Å². The van der Waals surface area contributed by atoms with Crippen LogP contribution in [0.1, 0.15) is 16.8 Å². The molecule has 4 nitrogen and oxygen atoms in total. The van der Waals surface area contributed by atoms with E-state index in [9.17, 15) is 13.6 Å². The monoisotopic (exact) mass is 272 g/mol.